The third-order valence-electron chi connectivity index (χ3n) is 3.31. The topological polar surface area (TPSA) is 61.9 Å². The van der Waals surface area contributed by atoms with Crippen molar-refractivity contribution in [3.63, 3.8) is 0 Å². The van der Waals surface area contributed by atoms with E-state index in [9.17, 15) is 9.59 Å². The van der Waals surface area contributed by atoms with Gasteiger partial charge in [-0.05, 0) is 31.4 Å². The summed E-state index contributed by atoms with van der Waals surface area (Å²) in [6.45, 7) is 1.49. The van der Waals surface area contributed by atoms with Crippen molar-refractivity contribution < 1.29 is 14.3 Å². The molecule has 6 heteroatoms. The number of benzene rings is 1. The van der Waals surface area contributed by atoms with Gasteiger partial charge < -0.3 is 19.9 Å². The van der Waals surface area contributed by atoms with E-state index in [1.807, 2.05) is 0 Å². The van der Waals surface area contributed by atoms with Crippen LogP contribution in [0.4, 0.5) is 15.3 Å². The fraction of sp³-hybridized carbons (Fsp3) is 0.467. The molecule has 114 valence electrons. The van der Waals surface area contributed by atoms with Crippen LogP contribution in [0.3, 0.4) is 0 Å². The number of carbonyl (C=O) groups excluding carboxylic acids is 2. The Hall–Kier alpha value is -2.24. The number of ether oxygens (including phenoxy) is 1. The predicted molar refractivity (Wildman–Crippen MR) is 80.6 cm³/mol. The normalized spacial score (nSPS) is 14.5. The van der Waals surface area contributed by atoms with Gasteiger partial charge in [-0.2, -0.15) is 0 Å². The molecule has 1 aliphatic rings. The third-order valence-corrected chi connectivity index (χ3v) is 3.31. The lowest BCUT2D eigenvalue weighted by molar-refractivity contribution is 0.142. The summed E-state index contributed by atoms with van der Waals surface area (Å²) in [5.74, 6) is 0.433. The Bertz CT molecular complexity index is 511. The molecule has 0 saturated carbocycles. The summed E-state index contributed by atoms with van der Waals surface area (Å²) < 4.78 is 5.36. The van der Waals surface area contributed by atoms with Gasteiger partial charge in [0.2, 0.25) is 0 Å². The molecule has 1 aromatic carbocycles. The van der Waals surface area contributed by atoms with Crippen molar-refractivity contribution in [3.05, 3.63) is 24.3 Å². The van der Waals surface area contributed by atoms with Gasteiger partial charge in [-0.1, -0.05) is 6.07 Å². The highest BCUT2D eigenvalue weighted by molar-refractivity contribution is 5.89. The van der Waals surface area contributed by atoms with Crippen molar-refractivity contribution in [2.75, 3.05) is 32.5 Å². The number of nitrogens with zero attached hydrogens (tertiary/aromatic N) is 2. The molecular formula is C15H21N3O3. The fourth-order valence-corrected chi connectivity index (χ4v) is 2.11. The summed E-state index contributed by atoms with van der Waals surface area (Å²) >= 11 is 0. The maximum atomic E-state index is 12.0. The summed E-state index contributed by atoms with van der Waals surface area (Å²) in [5, 5.41) is 2.72. The molecular weight excluding hydrogens is 270 g/mol. The zero-order valence-corrected chi connectivity index (χ0v) is 12.5. The zero-order valence-electron chi connectivity index (χ0n) is 12.5. The average Bonchev–Trinajstić information content (AvgIpc) is 2.48. The van der Waals surface area contributed by atoms with Crippen LogP contribution in [-0.4, -0.2) is 49.1 Å². The van der Waals surface area contributed by atoms with E-state index >= 15 is 0 Å². The van der Waals surface area contributed by atoms with Crippen molar-refractivity contribution in [3.8, 4) is 5.75 Å². The van der Waals surface area contributed by atoms with Crippen LogP contribution >= 0.6 is 0 Å². The van der Waals surface area contributed by atoms with E-state index in [0.717, 1.165) is 32.4 Å². The van der Waals surface area contributed by atoms with Crippen molar-refractivity contribution in [2.45, 2.75) is 19.3 Å². The van der Waals surface area contributed by atoms with Gasteiger partial charge in [0.05, 0.1) is 0 Å². The third kappa shape index (κ3) is 4.37. The minimum Gasteiger partial charge on any atom is -0.410 e. The van der Waals surface area contributed by atoms with Crippen LogP contribution in [0.1, 0.15) is 19.3 Å². The second-order valence-electron chi connectivity index (χ2n) is 5.27. The van der Waals surface area contributed by atoms with E-state index in [4.69, 9.17) is 4.74 Å². The Labute approximate surface area is 124 Å². The monoisotopic (exact) mass is 291 g/mol. The molecule has 1 fully saturated rings. The minimum atomic E-state index is -0.328. The molecule has 1 saturated heterocycles. The Kier molecular flexibility index (Phi) is 5.03. The molecule has 1 heterocycles. The second-order valence-corrected chi connectivity index (χ2v) is 5.27. The molecule has 0 bridgehead atoms. The number of rotatable bonds is 2. The number of carbonyl (C=O) groups is 2. The van der Waals surface area contributed by atoms with Gasteiger partial charge in [0.25, 0.3) is 0 Å². The van der Waals surface area contributed by atoms with Crippen LogP contribution in [0.25, 0.3) is 0 Å². The number of likely N-dealkylation sites (tertiary alicyclic amines) is 1. The first-order chi connectivity index (χ1) is 10.1. The smallest absolute Gasteiger partial charge is 0.410 e. The van der Waals surface area contributed by atoms with Crippen molar-refractivity contribution in [1.82, 2.24) is 9.80 Å². The van der Waals surface area contributed by atoms with Gasteiger partial charge >= 0.3 is 12.1 Å². The zero-order chi connectivity index (χ0) is 15.2. The lowest BCUT2D eigenvalue weighted by Gasteiger charge is -2.25. The molecule has 1 aromatic rings. The summed E-state index contributed by atoms with van der Waals surface area (Å²) in [4.78, 5) is 26.8. The molecule has 1 aliphatic heterocycles. The second kappa shape index (κ2) is 6.97. The van der Waals surface area contributed by atoms with Crippen LogP contribution in [0.15, 0.2) is 24.3 Å². The van der Waals surface area contributed by atoms with Crippen molar-refractivity contribution in [1.29, 1.82) is 0 Å². The average molecular weight is 291 g/mol. The Morgan fingerprint density at radius 2 is 1.90 bits per heavy atom. The van der Waals surface area contributed by atoms with Crippen LogP contribution in [0.5, 0.6) is 5.75 Å². The van der Waals surface area contributed by atoms with Gasteiger partial charge in [0.1, 0.15) is 5.75 Å². The predicted octanol–water partition coefficient (Wildman–Crippen LogP) is 2.76. The van der Waals surface area contributed by atoms with Gasteiger partial charge in [-0.25, -0.2) is 9.59 Å². The van der Waals surface area contributed by atoms with Gasteiger partial charge in [0, 0.05) is 38.9 Å². The largest absolute Gasteiger partial charge is 0.415 e. The van der Waals surface area contributed by atoms with Crippen LogP contribution < -0.4 is 10.1 Å². The standard InChI is InChI=1S/C15H21N3O3/c1-17(2)14(19)16-12-7-6-8-13(11-12)21-15(20)18-9-4-3-5-10-18/h6-8,11H,3-5,9-10H2,1-2H3,(H,16,19). The maximum absolute atomic E-state index is 12.0. The molecule has 6 nitrogen and oxygen atoms in total. The summed E-state index contributed by atoms with van der Waals surface area (Å²) in [6.07, 6.45) is 2.88. The molecule has 0 aliphatic carbocycles. The molecule has 0 radical (unpaired) electrons. The summed E-state index contributed by atoms with van der Waals surface area (Å²) in [6, 6.07) is 6.61. The highest BCUT2D eigenvalue weighted by Gasteiger charge is 2.18. The van der Waals surface area contributed by atoms with Gasteiger partial charge in [-0.3, -0.25) is 0 Å². The van der Waals surface area contributed by atoms with E-state index in [-0.39, 0.29) is 12.1 Å². The fourth-order valence-electron chi connectivity index (χ4n) is 2.11. The van der Waals surface area contributed by atoms with Crippen LogP contribution in [-0.2, 0) is 0 Å². The lowest BCUT2D eigenvalue weighted by atomic mass is 10.1. The van der Waals surface area contributed by atoms with E-state index in [0.29, 0.717) is 11.4 Å². The molecule has 3 amide bonds. The van der Waals surface area contributed by atoms with Crippen molar-refractivity contribution >= 4 is 17.8 Å². The molecule has 0 unspecified atom stereocenters. The number of piperidine rings is 1. The highest BCUT2D eigenvalue weighted by Crippen LogP contribution is 2.19. The molecule has 21 heavy (non-hydrogen) atoms. The Balaban J connectivity index is 1.97. The van der Waals surface area contributed by atoms with E-state index < -0.39 is 0 Å². The van der Waals surface area contributed by atoms with E-state index in [1.165, 1.54) is 4.90 Å². The minimum absolute atomic E-state index is 0.227. The molecule has 0 atom stereocenters. The SMILES string of the molecule is CN(C)C(=O)Nc1cccc(OC(=O)N2CCCCC2)c1. The first kappa shape index (κ1) is 15.2. The first-order valence-corrected chi connectivity index (χ1v) is 7.11. The lowest BCUT2D eigenvalue weighted by Crippen LogP contribution is -2.37. The highest BCUT2D eigenvalue weighted by atomic mass is 16.6. The van der Waals surface area contributed by atoms with E-state index in [1.54, 1.807) is 43.3 Å². The van der Waals surface area contributed by atoms with Gasteiger partial charge in [0.15, 0.2) is 0 Å². The quantitative estimate of drug-likeness (QED) is 0.911. The van der Waals surface area contributed by atoms with Gasteiger partial charge in [-0.15, -0.1) is 0 Å². The summed E-state index contributed by atoms with van der Waals surface area (Å²) in [5.41, 5.74) is 0.595. The van der Waals surface area contributed by atoms with Crippen LogP contribution in [0.2, 0.25) is 0 Å². The number of anilines is 1. The Morgan fingerprint density at radius 1 is 1.19 bits per heavy atom. The van der Waals surface area contributed by atoms with Crippen molar-refractivity contribution in [2.24, 2.45) is 0 Å². The maximum Gasteiger partial charge on any atom is 0.415 e. The number of hydrogen-bond donors (Lipinski definition) is 1. The molecule has 1 N–H and O–H groups in total. The molecule has 0 spiro atoms. The first-order valence-electron chi connectivity index (χ1n) is 7.11. The van der Waals surface area contributed by atoms with E-state index in [2.05, 4.69) is 5.32 Å². The van der Waals surface area contributed by atoms with Crippen LogP contribution in [0, 0.1) is 0 Å². The molecule has 2 rings (SSSR count). The Morgan fingerprint density at radius 3 is 2.57 bits per heavy atom. The summed E-state index contributed by atoms with van der Waals surface area (Å²) in [7, 11) is 3.32. The number of hydrogen-bond acceptors (Lipinski definition) is 3. The number of amides is 3. The molecule has 0 aromatic heterocycles. The number of nitrogens with one attached hydrogen (secondary N) is 1. The number of urea groups is 1.